The van der Waals surface area contributed by atoms with Gasteiger partial charge in [-0.25, -0.2) is 0 Å². The van der Waals surface area contributed by atoms with Gasteiger partial charge in [0.05, 0.1) is 0 Å². The monoisotopic (exact) mass is 294 g/mol. The molecule has 0 spiro atoms. The van der Waals surface area contributed by atoms with Gasteiger partial charge in [-0.2, -0.15) is 0 Å². The molecule has 0 unspecified atom stereocenters. The van der Waals surface area contributed by atoms with E-state index in [9.17, 15) is 4.79 Å². The Morgan fingerprint density at radius 1 is 1.50 bits per heavy atom. The van der Waals surface area contributed by atoms with Gasteiger partial charge >= 0.3 is 0 Å². The van der Waals surface area contributed by atoms with Gasteiger partial charge in [-0.1, -0.05) is 11.6 Å². The highest BCUT2D eigenvalue weighted by Gasteiger charge is 2.07. The van der Waals surface area contributed by atoms with Gasteiger partial charge in [-0.15, -0.1) is 0 Å². The largest absolute Gasteiger partial charge is 0.294 e. The van der Waals surface area contributed by atoms with Crippen molar-refractivity contribution in [1.29, 1.82) is 0 Å². The van der Waals surface area contributed by atoms with Crippen LogP contribution in [0, 0.1) is 10.5 Å². The molecule has 0 aromatic heterocycles. The molecule has 1 nitrogen and oxygen atoms in total. The maximum Gasteiger partial charge on any atom is 0.160 e. The lowest BCUT2D eigenvalue weighted by molar-refractivity contribution is 0.101. The number of ketones is 1. The van der Waals surface area contributed by atoms with E-state index in [1.807, 2.05) is 19.1 Å². The van der Waals surface area contributed by atoms with E-state index < -0.39 is 0 Å². The lowest BCUT2D eigenvalue weighted by atomic mass is 10.1. The second-order valence-corrected chi connectivity index (χ2v) is 4.21. The Labute approximate surface area is 90.3 Å². The van der Waals surface area contributed by atoms with Crippen molar-refractivity contribution in [3.8, 4) is 0 Å². The Hall–Kier alpha value is -0.0900. The number of halogens is 2. The van der Waals surface area contributed by atoms with Crippen LogP contribution in [0.1, 0.15) is 22.8 Å². The van der Waals surface area contributed by atoms with E-state index in [2.05, 4.69) is 22.6 Å². The number of hydrogen-bond acceptors (Lipinski definition) is 1. The smallest absolute Gasteiger partial charge is 0.160 e. The van der Waals surface area contributed by atoms with Gasteiger partial charge in [0.15, 0.2) is 5.78 Å². The van der Waals surface area contributed by atoms with Crippen LogP contribution in [0.2, 0.25) is 5.02 Å². The van der Waals surface area contributed by atoms with Gasteiger partial charge in [0.1, 0.15) is 0 Å². The molecule has 3 heteroatoms. The van der Waals surface area contributed by atoms with Gasteiger partial charge in [-0.05, 0) is 54.1 Å². The average Bonchev–Trinajstić information content (AvgIpc) is 1.96. The van der Waals surface area contributed by atoms with E-state index in [-0.39, 0.29) is 5.78 Å². The van der Waals surface area contributed by atoms with Crippen LogP contribution in [0.4, 0.5) is 0 Å². The molecule has 0 fully saturated rings. The predicted molar refractivity (Wildman–Crippen MR) is 58.9 cm³/mol. The summed E-state index contributed by atoms with van der Waals surface area (Å²) in [5, 5.41) is 0.712. The molecule has 0 atom stereocenters. The highest BCUT2D eigenvalue weighted by atomic mass is 127. The molecule has 12 heavy (non-hydrogen) atoms. The Balaban J connectivity index is 3.33. The molecule has 0 radical (unpaired) electrons. The molecule has 0 heterocycles. The molecule has 1 aromatic carbocycles. The number of benzene rings is 1. The predicted octanol–water partition coefficient (Wildman–Crippen LogP) is 3.46. The van der Waals surface area contributed by atoms with Gasteiger partial charge in [0.2, 0.25) is 0 Å². The number of rotatable bonds is 1. The SMILES string of the molecule is CC(=O)c1cc(C)c(Cl)cc1I. The second kappa shape index (κ2) is 3.75. The first-order chi connectivity index (χ1) is 5.52. The van der Waals surface area contributed by atoms with Crippen LogP contribution in [0.15, 0.2) is 12.1 Å². The fraction of sp³-hybridized carbons (Fsp3) is 0.222. The lowest BCUT2D eigenvalue weighted by Crippen LogP contribution is -1.96. The van der Waals surface area contributed by atoms with E-state index in [4.69, 9.17) is 11.6 Å². The lowest BCUT2D eigenvalue weighted by Gasteiger charge is -2.03. The first-order valence-electron chi connectivity index (χ1n) is 3.49. The van der Waals surface area contributed by atoms with E-state index in [0.717, 1.165) is 14.7 Å². The Bertz CT molecular complexity index is 334. The van der Waals surface area contributed by atoms with Crippen molar-refractivity contribution in [2.75, 3.05) is 0 Å². The normalized spacial score (nSPS) is 10.0. The van der Waals surface area contributed by atoms with Crippen molar-refractivity contribution in [3.05, 3.63) is 31.9 Å². The highest BCUT2D eigenvalue weighted by Crippen LogP contribution is 2.22. The topological polar surface area (TPSA) is 17.1 Å². The zero-order valence-corrected chi connectivity index (χ0v) is 9.73. The first kappa shape index (κ1) is 9.99. The van der Waals surface area contributed by atoms with Gasteiger partial charge < -0.3 is 0 Å². The third-order valence-corrected chi connectivity index (χ3v) is 2.93. The number of carbonyl (C=O) groups is 1. The Kier molecular flexibility index (Phi) is 3.12. The molecule has 0 saturated carbocycles. The van der Waals surface area contributed by atoms with Crippen molar-refractivity contribution in [2.24, 2.45) is 0 Å². The fourth-order valence-corrected chi connectivity index (χ4v) is 2.12. The molecule has 0 aliphatic rings. The molecule has 0 saturated heterocycles. The zero-order chi connectivity index (χ0) is 9.30. The third-order valence-electron chi connectivity index (χ3n) is 1.63. The van der Waals surface area contributed by atoms with Gasteiger partial charge in [0, 0.05) is 14.2 Å². The summed E-state index contributed by atoms with van der Waals surface area (Å²) in [6.07, 6.45) is 0. The molecule has 0 N–H and O–H groups in total. The minimum Gasteiger partial charge on any atom is -0.294 e. The molecular formula is C9H8ClIO. The molecule has 0 amide bonds. The molecule has 1 aromatic rings. The molecule has 64 valence electrons. The van der Waals surface area contributed by atoms with Gasteiger partial charge in [-0.3, -0.25) is 4.79 Å². The van der Waals surface area contributed by atoms with Crippen molar-refractivity contribution in [2.45, 2.75) is 13.8 Å². The maximum absolute atomic E-state index is 11.1. The van der Waals surface area contributed by atoms with E-state index >= 15 is 0 Å². The number of hydrogen-bond donors (Lipinski definition) is 0. The van der Waals surface area contributed by atoms with Crippen LogP contribution in [0.25, 0.3) is 0 Å². The quantitative estimate of drug-likeness (QED) is 0.573. The van der Waals surface area contributed by atoms with Crippen molar-refractivity contribution in [1.82, 2.24) is 0 Å². The molecule has 0 aliphatic carbocycles. The van der Waals surface area contributed by atoms with Crippen LogP contribution < -0.4 is 0 Å². The molecule has 1 rings (SSSR count). The molecular weight excluding hydrogens is 286 g/mol. The Morgan fingerprint density at radius 2 is 2.08 bits per heavy atom. The minimum atomic E-state index is 0.0826. The second-order valence-electron chi connectivity index (χ2n) is 2.64. The van der Waals surface area contributed by atoms with Crippen LogP contribution in [-0.4, -0.2) is 5.78 Å². The maximum atomic E-state index is 11.1. The average molecular weight is 295 g/mol. The van der Waals surface area contributed by atoms with Gasteiger partial charge in [0.25, 0.3) is 0 Å². The molecule has 0 bridgehead atoms. The van der Waals surface area contributed by atoms with Crippen molar-refractivity contribution in [3.63, 3.8) is 0 Å². The van der Waals surface area contributed by atoms with Crippen LogP contribution in [0.3, 0.4) is 0 Å². The highest BCUT2D eigenvalue weighted by molar-refractivity contribution is 14.1. The summed E-state index contributed by atoms with van der Waals surface area (Å²) in [4.78, 5) is 11.1. The minimum absolute atomic E-state index is 0.0826. The summed E-state index contributed by atoms with van der Waals surface area (Å²) >= 11 is 7.99. The third kappa shape index (κ3) is 1.98. The first-order valence-corrected chi connectivity index (χ1v) is 4.94. The van der Waals surface area contributed by atoms with Crippen LogP contribution in [-0.2, 0) is 0 Å². The van der Waals surface area contributed by atoms with Crippen molar-refractivity contribution < 1.29 is 4.79 Å². The summed E-state index contributed by atoms with van der Waals surface area (Å²) in [6, 6.07) is 3.64. The number of carbonyl (C=O) groups excluding carboxylic acids is 1. The number of aryl methyl sites for hydroxylation is 1. The summed E-state index contributed by atoms with van der Waals surface area (Å²) in [5.74, 6) is 0.0826. The fourth-order valence-electron chi connectivity index (χ4n) is 0.927. The zero-order valence-electron chi connectivity index (χ0n) is 6.82. The van der Waals surface area contributed by atoms with Crippen LogP contribution >= 0.6 is 34.2 Å². The van der Waals surface area contributed by atoms with E-state index in [1.54, 1.807) is 6.92 Å². The summed E-state index contributed by atoms with van der Waals surface area (Å²) < 4.78 is 0.913. The summed E-state index contributed by atoms with van der Waals surface area (Å²) in [6.45, 7) is 3.45. The standard InChI is InChI=1S/C9H8ClIO/c1-5-3-7(6(2)12)9(11)4-8(5)10/h3-4H,1-2H3. The molecule has 0 aliphatic heterocycles. The summed E-state index contributed by atoms with van der Waals surface area (Å²) in [5.41, 5.74) is 1.69. The van der Waals surface area contributed by atoms with E-state index in [1.165, 1.54) is 0 Å². The summed E-state index contributed by atoms with van der Waals surface area (Å²) in [7, 11) is 0. The Morgan fingerprint density at radius 3 is 2.58 bits per heavy atom. The van der Waals surface area contributed by atoms with Crippen LogP contribution in [0.5, 0.6) is 0 Å². The number of Topliss-reactive ketones (excluding diaryl/α,β-unsaturated/α-hetero) is 1. The van der Waals surface area contributed by atoms with E-state index in [0.29, 0.717) is 5.02 Å². The van der Waals surface area contributed by atoms with Crippen molar-refractivity contribution >= 4 is 40.0 Å².